The number of carbonyl (C=O) groups excluding carboxylic acids is 2. The second-order valence-corrected chi connectivity index (χ2v) is 8.64. The predicted octanol–water partition coefficient (Wildman–Crippen LogP) is 5.70. The van der Waals surface area contributed by atoms with Gasteiger partial charge >= 0.3 is 0 Å². The Hall–Kier alpha value is -2.92. The van der Waals surface area contributed by atoms with Crippen molar-refractivity contribution >= 4 is 57.3 Å². The first-order valence-corrected chi connectivity index (χ1v) is 10.6. The zero-order valence-corrected chi connectivity index (χ0v) is 18.3. The molecule has 150 valence electrons. The molecule has 0 bridgehead atoms. The summed E-state index contributed by atoms with van der Waals surface area (Å²) in [4.78, 5) is 36.8. The molecule has 0 saturated carbocycles. The van der Waals surface area contributed by atoms with E-state index in [4.69, 9.17) is 4.42 Å². The smallest absolute Gasteiger partial charge is 0.293 e. The van der Waals surface area contributed by atoms with E-state index < -0.39 is 4.92 Å². The average molecular weight is 532 g/mol. The van der Waals surface area contributed by atoms with Gasteiger partial charge in [-0.1, -0.05) is 12.1 Å². The Morgan fingerprint density at radius 1 is 1.03 bits per heavy atom. The molecule has 1 aliphatic rings. The molecule has 30 heavy (non-hydrogen) atoms. The lowest BCUT2D eigenvalue weighted by molar-refractivity contribution is -0.384. The number of hydrogen-bond donors (Lipinski definition) is 0. The molecule has 0 aliphatic carbocycles. The lowest BCUT2D eigenvalue weighted by Crippen LogP contribution is -2.27. The van der Waals surface area contributed by atoms with Crippen LogP contribution in [-0.2, 0) is 11.3 Å². The van der Waals surface area contributed by atoms with Crippen molar-refractivity contribution in [3.8, 4) is 11.3 Å². The number of halogens is 1. The van der Waals surface area contributed by atoms with Gasteiger partial charge in [-0.15, -0.1) is 0 Å². The van der Waals surface area contributed by atoms with Crippen molar-refractivity contribution in [2.75, 3.05) is 0 Å². The first kappa shape index (κ1) is 20.4. The number of non-ortho nitro benzene ring substituents is 1. The molecule has 0 atom stereocenters. The molecular formula is C21H13IN2O5S. The first-order chi connectivity index (χ1) is 14.4. The van der Waals surface area contributed by atoms with Gasteiger partial charge in [0.15, 0.2) is 0 Å². The summed E-state index contributed by atoms with van der Waals surface area (Å²) < 4.78 is 6.82. The van der Waals surface area contributed by atoms with Gasteiger partial charge in [0.2, 0.25) is 0 Å². The number of imide groups is 1. The third kappa shape index (κ3) is 4.31. The van der Waals surface area contributed by atoms with Crippen LogP contribution in [0.1, 0.15) is 11.3 Å². The third-order valence-electron chi connectivity index (χ3n) is 4.39. The van der Waals surface area contributed by atoms with Gasteiger partial charge in [0.1, 0.15) is 11.5 Å². The second kappa shape index (κ2) is 8.44. The van der Waals surface area contributed by atoms with E-state index in [1.54, 1.807) is 24.3 Å². The van der Waals surface area contributed by atoms with Crippen LogP contribution in [-0.4, -0.2) is 21.0 Å². The van der Waals surface area contributed by atoms with Crippen LogP contribution in [0, 0.1) is 13.7 Å². The maximum absolute atomic E-state index is 12.7. The summed E-state index contributed by atoms with van der Waals surface area (Å²) in [5, 5.41) is 10.4. The van der Waals surface area contributed by atoms with Crippen molar-refractivity contribution in [3.63, 3.8) is 0 Å². The topological polar surface area (TPSA) is 93.7 Å². The summed E-state index contributed by atoms with van der Waals surface area (Å²) >= 11 is 3.07. The average Bonchev–Trinajstić information content (AvgIpc) is 3.30. The highest BCUT2D eigenvalue weighted by Crippen LogP contribution is 2.34. The number of nitro benzene ring substituents is 1. The van der Waals surface area contributed by atoms with E-state index >= 15 is 0 Å². The quantitative estimate of drug-likeness (QED) is 0.181. The monoisotopic (exact) mass is 532 g/mol. The SMILES string of the molecule is O=C1S/C(=C/c2ccc(-c3ccc([N+](=O)[O-])cc3)o2)C(=O)N1Cc1ccc(I)cc1. The Bertz CT molecular complexity index is 1170. The molecule has 0 unspecified atom stereocenters. The summed E-state index contributed by atoms with van der Waals surface area (Å²) in [5.74, 6) is 0.564. The summed E-state index contributed by atoms with van der Waals surface area (Å²) in [6.07, 6.45) is 1.54. The molecule has 9 heteroatoms. The van der Waals surface area contributed by atoms with E-state index in [0.29, 0.717) is 17.1 Å². The lowest BCUT2D eigenvalue weighted by atomic mass is 10.1. The molecule has 2 amide bonds. The number of benzene rings is 2. The van der Waals surface area contributed by atoms with E-state index in [2.05, 4.69) is 22.6 Å². The van der Waals surface area contributed by atoms with Crippen molar-refractivity contribution in [1.29, 1.82) is 0 Å². The van der Waals surface area contributed by atoms with Crippen LogP contribution in [0.4, 0.5) is 10.5 Å². The normalized spacial score (nSPS) is 15.2. The summed E-state index contributed by atoms with van der Waals surface area (Å²) in [6, 6.07) is 17.0. The fourth-order valence-corrected chi connectivity index (χ4v) is 4.05. The molecule has 3 aromatic rings. The van der Waals surface area contributed by atoms with E-state index in [9.17, 15) is 19.7 Å². The van der Waals surface area contributed by atoms with Gasteiger partial charge in [-0.3, -0.25) is 24.6 Å². The van der Waals surface area contributed by atoms with Crippen molar-refractivity contribution in [3.05, 3.63) is 90.6 Å². The van der Waals surface area contributed by atoms with Crippen LogP contribution in [0.2, 0.25) is 0 Å². The van der Waals surface area contributed by atoms with E-state index in [0.717, 1.165) is 20.9 Å². The largest absolute Gasteiger partial charge is 0.457 e. The van der Waals surface area contributed by atoms with Crippen LogP contribution in [0.25, 0.3) is 17.4 Å². The number of hydrogen-bond acceptors (Lipinski definition) is 6. The van der Waals surface area contributed by atoms with Crippen LogP contribution in [0.15, 0.2) is 70.0 Å². The van der Waals surface area contributed by atoms with E-state index in [1.807, 2.05) is 24.3 Å². The molecule has 0 spiro atoms. The summed E-state index contributed by atoms with van der Waals surface area (Å²) in [6.45, 7) is 0.213. The fourth-order valence-electron chi connectivity index (χ4n) is 2.87. The highest BCUT2D eigenvalue weighted by atomic mass is 127. The van der Waals surface area contributed by atoms with Gasteiger partial charge in [-0.05, 0) is 76.3 Å². The Morgan fingerprint density at radius 2 is 1.73 bits per heavy atom. The molecule has 0 radical (unpaired) electrons. The summed E-state index contributed by atoms with van der Waals surface area (Å²) in [7, 11) is 0. The Morgan fingerprint density at radius 3 is 2.40 bits per heavy atom. The fraction of sp³-hybridized carbons (Fsp3) is 0.0476. The van der Waals surface area contributed by atoms with Gasteiger partial charge in [-0.25, -0.2) is 0 Å². The Labute approximate surface area is 189 Å². The van der Waals surface area contributed by atoms with Crippen LogP contribution in [0.3, 0.4) is 0 Å². The molecule has 1 aliphatic heterocycles. The van der Waals surface area contributed by atoms with Gasteiger partial charge in [0, 0.05) is 27.3 Å². The second-order valence-electron chi connectivity index (χ2n) is 6.40. The number of thioether (sulfide) groups is 1. The van der Waals surface area contributed by atoms with Crippen LogP contribution in [0.5, 0.6) is 0 Å². The van der Waals surface area contributed by atoms with Gasteiger partial charge in [0.25, 0.3) is 16.8 Å². The molecular weight excluding hydrogens is 519 g/mol. The maximum Gasteiger partial charge on any atom is 0.293 e. The van der Waals surface area contributed by atoms with Crippen molar-refractivity contribution in [1.82, 2.24) is 4.90 Å². The van der Waals surface area contributed by atoms with Crippen molar-refractivity contribution in [2.45, 2.75) is 6.54 Å². The Balaban J connectivity index is 1.51. The number of amides is 2. The highest BCUT2D eigenvalue weighted by Gasteiger charge is 2.35. The molecule has 2 heterocycles. The maximum atomic E-state index is 12.7. The standard InChI is InChI=1S/C21H13IN2O5S/c22-15-5-1-13(2-6-15)12-23-20(25)19(30-21(23)26)11-17-9-10-18(29-17)14-3-7-16(8-4-14)24(27)28/h1-11H,12H2/b19-11+. The molecule has 4 rings (SSSR count). The minimum atomic E-state index is -0.469. The molecule has 0 N–H and O–H groups in total. The minimum absolute atomic E-state index is 0.00710. The van der Waals surface area contributed by atoms with Crippen molar-refractivity contribution in [2.24, 2.45) is 0 Å². The number of carbonyl (C=O) groups is 2. The molecule has 7 nitrogen and oxygen atoms in total. The van der Waals surface area contributed by atoms with Gasteiger partial charge in [-0.2, -0.15) is 0 Å². The predicted molar refractivity (Wildman–Crippen MR) is 121 cm³/mol. The van der Waals surface area contributed by atoms with Gasteiger partial charge < -0.3 is 4.42 Å². The lowest BCUT2D eigenvalue weighted by Gasteiger charge is -2.12. The zero-order valence-electron chi connectivity index (χ0n) is 15.3. The van der Waals surface area contributed by atoms with Crippen LogP contribution < -0.4 is 0 Å². The zero-order chi connectivity index (χ0) is 21.3. The first-order valence-electron chi connectivity index (χ1n) is 8.75. The molecule has 1 saturated heterocycles. The van der Waals surface area contributed by atoms with Crippen LogP contribution >= 0.6 is 34.4 Å². The minimum Gasteiger partial charge on any atom is -0.457 e. The number of rotatable bonds is 5. The third-order valence-corrected chi connectivity index (χ3v) is 6.02. The molecule has 1 fully saturated rings. The van der Waals surface area contributed by atoms with E-state index in [-0.39, 0.29) is 28.3 Å². The Kier molecular flexibility index (Phi) is 5.73. The molecule has 2 aromatic carbocycles. The van der Waals surface area contributed by atoms with E-state index in [1.165, 1.54) is 23.1 Å². The van der Waals surface area contributed by atoms with Gasteiger partial charge in [0.05, 0.1) is 16.4 Å². The number of furan rings is 1. The number of nitro groups is 1. The van der Waals surface area contributed by atoms with Crippen molar-refractivity contribution < 1.29 is 18.9 Å². The highest BCUT2D eigenvalue weighted by molar-refractivity contribution is 14.1. The molecule has 1 aromatic heterocycles. The summed E-state index contributed by atoms with van der Waals surface area (Å²) in [5.41, 5.74) is 1.54. The number of nitrogens with zero attached hydrogens (tertiary/aromatic N) is 2.